The molecule has 3 aliphatic rings. The second-order valence-electron chi connectivity index (χ2n) is 7.04. The molecular weight excluding hydrogens is 248 g/mol. The van der Waals surface area contributed by atoms with Gasteiger partial charge in [-0.2, -0.15) is 0 Å². The highest BCUT2D eigenvalue weighted by Gasteiger charge is 2.35. The lowest BCUT2D eigenvalue weighted by molar-refractivity contribution is -0.132. The second-order valence-corrected chi connectivity index (χ2v) is 7.04. The first kappa shape index (κ1) is 14.4. The summed E-state index contributed by atoms with van der Waals surface area (Å²) in [6.07, 6.45) is 13.8. The van der Waals surface area contributed by atoms with Crippen molar-refractivity contribution < 1.29 is 4.79 Å². The summed E-state index contributed by atoms with van der Waals surface area (Å²) in [5.41, 5.74) is 0. The lowest BCUT2D eigenvalue weighted by Crippen LogP contribution is -2.46. The first-order valence-electron chi connectivity index (χ1n) is 8.87. The molecule has 1 amide bonds. The summed E-state index contributed by atoms with van der Waals surface area (Å²) in [6.45, 7) is 2.15. The van der Waals surface area contributed by atoms with Crippen LogP contribution in [0.3, 0.4) is 0 Å². The number of likely N-dealkylation sites (tertiary alicyclic amines) is 1. The molecule has 2 atom stereocenters. The van der Waals surface area contributed by atoms with Crippen molar-refractivity contribution >= 4 is 5.91 Å². The van der Waals surface area contributed by atoms with Crippen LogP contribution in [0.25, 0.3) is 0 Å². The van der Waals surface area contributed by atoms with Gasteiger partial charge < -0.3 is 10.2 Å². The van der Waals surface area contributed by atoms with Gasteiger partial charge in [0.25, 0.3) is 0 Å². The van der Waals surface area contributed by atoms with E-state index in [4.69, 9.17) is 0 Å². The molecular formula is C17H30N2O. The molecule has 0 spiro atoms. The van der Waals surface area contributed by atoms with E-state index in [1.807, 2.05) is 0 Å². The number of rotatable bonds is 4. The van der Waals surface area contributed by atoms with Crippen LogP contribution in [0.2, 0.25) is 0 Å². The summed E-state index contributed by atoms with van der Waals surface area (Å²) < 4.78 is 0. The van der Waals surface area contributed by atoms with Crippen molar-refractivity contribution in [2.45, 2.75) is 82.7 Å². The van der Waals surface area contributed by atoms with Gasteiger partial charge in [0.2, 0.25) is 5.91 Å². The summed E-state index contributed by atoms with van der Waals surface area (Å²) in [6, 6.07) is 1.08. The zero-order valence-corrected chi connectivity index (χ0v) is 12.8. The van der Waals surface area contributed by atoms with Gasteiger partial charge in [-0.1, -0.05) is 32.1 Å². The molecule has 3 heteroatoms. The molecule has 1 saturated carbocycles. The number of hydrogen-bond acceptors (Lipinski definition) is 2. The number of nitrogens with zero attached hydrogens (tertiary/aromatic N) is 1. The predicted molar refractivity (Wildman–Crippen MR) is 81.6 cm³/mol. The summed E-state index contributed by atoms with van der Waals surface area (Å²) >= 11 is 0. The van der Waals surface area contributed by atoms with E-state index in [0.717, 1.165) is 31.8 Å². The van der Waals surface area contributed by atoms with Gasteiger partial charge >= 0.3 is 0 Å². The average molecular weight is 278 g/mol. The van der Waals surface area contributed by atoms with Crippen molar-refractivity contribution in [2.75, 3.05) is 13.1 Å². The van der Waals surface area contributed by atoms with E-state index in [0.29, 0.717) is 18.0 Å². The zero-order valence-electron chi connectivity index (χ0n) is 12.8. The fraction of sp³-hybridized carbons (Fsp3) is 0.941. The van der Waals surface area contributed by atoms with Gasteiger partial charge in [-0.3, -0.25) is 4.79 Å². The summed E-state index contributed by atoms with van der Waals surface area (Å²) in [7, 11) is 0. The fourth-order valence-corrected chi connectivity index (χ4v) is 4.51. The highest BCUT2D eigenvalue weighted by Crippen LogP contribution is 2.29. The Kier molecular flexibility index (Phi) is 4.98. The summed E-state index contributed by atoms with van der Waals surface area (Å²) in [4.78, 5) is 14.8. The monoisotopic (exact) mass is 278 g/mol. The maximum atomic E-state index is 12.6. The largest absolute Gasteiger partial charge is 0.338 e. The topological polar surface area (TPSA) is 32.3 Å². The number of nitrogens with one attached hydrogen (secondary N) is 1. The van der Waals surface area contributed by atoms with Crippen LogP contribution in [0.15, 0.2) is 0 Å². The molecule has 0 aromatic heterocycles. The molecule has 2 heterocycles. The molecule has 2 unspecified atom stereocenters. The Hall–Kier alpha value is -0.570. The molecule has 2 aliphatic heterocycles. The molecule has 3 nitrogen and oxygen atoms in total. The molecule has 0 bridgehead atoms. The maximum Gasteiger partial charge on any atom is 0.222 e. The van der Waals surface area contributed by atoms with Crippen LogP contribution in [0.4, 0.5) is 0 Å². The molecule has 0 radical (unpaired) electrons. The molecule has 2 saturated heterocycles. The van der Waals surface area contributed by atoms with Crippen LogP contribution in [0.1, 0.15) is 70.6 Å². The molecule has 0 aromatic rings. The Balaban J connectivity index is 1.47. The Morgan fingerprint density at radius 2 is 1.85 bits per heavy atom. The maximum absolute atomic E-state index is 12.6. The van der Waals surface area contributed by atoms with Gasteiger partial charge in [0.1, 0.15) is 0 Å². The summed E-state index contributed by atoms with van der Waals surface area (Å²) in [5.74, 6) is 1.27. The molecule has 3 fully saturated rings. The molecule has 3 rings (SSSR count). The highest BCUT2D eigenvalue weighted by molar-refractivity contribution is 5.77. The zero-order chi connectivity index (χ0) is 13.8. The first-order valence-corrected chi connectivity index (χ1v) is 8.87. The number of hydrogen-bond donors (Lipinski definition) is 1. The van der Waals surface area contributed by atoms with E-state index >= 15 is 0 Å². The van der Waals surface area contributed by atoms with Crippen molar-refractivity contribution in [3.63, 3.8) is 0 Å². The predicted octanol–water partition coefficient (Wildman–Crippen LogP) is 3.09. The smallest absolute Gasteiger partial charge is 0.222 e. The van der Waals surface area contributed by atoms with E-state index < -0.39 is 0 Å². The van der Waals surface area contributed by atoms with Gasteiger partial charge in [0, 0.05) is 25.0 Å². The van der Waals surface area contributed by atoms with E-state index in [9.17, 15) is 4.79 Å². The third-order valence-electron chi connectivity index (χ3n) is 5.67. The third-order valence-corrected chi connectivity index (χ3v) is 5.67. The lowest BCUT2D eigenvalue weighted by Gasteiger charge is -2.30. The Labute approximate surface area is 123 Å². The summed E-state index contributed by atoms with van der Waals surface area (Å²) in [5, 5.41) is 3.59. The molecule has 114 valence electrons. The van der Waals surface area contributed by atoms with Crippen molar-refractivity contribution in [3.05, 3.63) is 0 Å². The highest BCUT2D eigenvalue weighted by atomic mass is 16.2. The van der Waals surface area contributed by atoms with Crippen LogP contribution in [-0.4, -0.2) is 36.0 Å². The van der Waals surface area contributed by atoms with Gasteiger partial charge in [-0.05, 0) is 44.6 Å². The standard InChI is InChI=1S/C17H30N2O/c20-17(11-10-14-6-2-1-3-7-14)19-13-5-9-16(19)15-8-4-12-18-15/h14-16,18H,1-13H2. The minimum Gasteiger partial charge on any atom is -0.338 e. The van der Waals surface area contributed by atoms with Crippen molar-refractivity contribution in [3.8, 4) is 0 Å². The van der Waals surface area contributed by atoms with Crippen molar-refractivity contribution in [1.29, 1.82) is 0 Å². The molecule has 1 N–H and O–H groups in total. The lowest BCUT2D eigenvalue weighted by atomic mass is 9.86. The van der Waals surface area contributed by atoms with E-state index in [1.165, 1.54) is 57.8 Å². The van der Waals surface area contributed by atoms with Gasteiger partial charge in [-0.15, -0.1) is 0 Å². The quantitative estimate of drug-likeness (QED) is 0.857. The number of carbonyl (C=O) groups excluding carboxylic acids is 1. The average Bonchev–Trinajstić information content (AvgIpc) is 3.15. The second kappa shape index (κ2) is 6.93. The Morgan fingerprint density at radius 3 is 2.60 bits per heavy atom. The molecule has 0 aromatic carbocycles. The minimum atomic E-state index is 0.437. The van der Waals surface area contributed by atoms with Crippen LogP contribution in [0, 0.1) is 5.92 Å². The van der Waals surface area contributed by atoms with Gasteiger partial charge in [0.15, 0.2) is 0 Å². The normalized spacial score (nSPS) is 31.9. The van der Waals surface area contributed by atoms with Crippen LogP contribution in [-0.2, 0) is 4.79 Å². The molecule has 20 heavy (non-hydrogen) atoms. The Bertz CT molecular complexity index is 319. The van der Waals surface area contributed by atoms with Gasteiger partial charge in [0.05, 0.1) is 0 Å². The minimum absolute atomic E-state index is 0.437. The van der Waals surface area contributed by atoms with E-state index in [-0.39, 0.29) is 0 Å². The fourth-order valence-electron chi connectivity index (χ4n) is 4.51. The molecule has 1 aliphatic carbocycles. The van der Waals surface area contributed by atoms with E-state index in [2.05, 4.69) is 10.2 Å². The van der Waals surface area contributed by atoms with Crippen LogP contribution >= 0.6 is 0 Å². The van der Waals surface area contributed by atoms with Crippen molar-refractivity contribution in [1.82, 2.24) is 10.2 Å². The first-order chi connectivity index (χ1) is 9.84. The van der Waals surface area contributed by atoms with Crippen LogP contribution < -0.4 is 5.32 Å². The van der Waals surface area contributed by atoms with E-state index in [1.54, 1.807) is 0 Å². The van der Waals surface area contributed by atoms with Crippen LogP contribution in [0.5, 0.6) is 0 Å². The number of amides is 1. The SMILES string of the molecule is O=C(CCC1CCCCC1)N1CCCC1C1CCCN1. The van der Waals surface area contributed by atoms with Crippen molar-refractivity contribution in [2.24, 2.45) is 5.92 Å². The number of carbonyl (C=O) groups is 1. The van der Waals surface area contributed by atoms with Gasteiger partial charge in [-0.25, -0.2) is 0 Å². The Morgan fingerprint density at radius 1 is 1.00 bits per heavy atom. The third kappa shape index (κ3) is 3.36.